The van der Waals surface area contributed by atoms with Crippen molar-refractivity contribution < 1.29 is 13.9 Å². The van der Waals surface area contributed by atoms with E-state index in [0.717, 1.165) is 11.1 Å². The van der Waals surface area contributed by atoms with E-state index in [-0.39, 0.29) is 16.7 Å². The summed E-state index contributed by atoms with van der Waals surface area (Å²) in [5, 5.41) is 10.6. The molecule has 3 heterocycles. The van der Waals surface area contributed by atoms with E-state index in [9.17, 15) is 9.59 Å². The van der Waals surface area contributed by atoms with Crippen LogP contribution in [0.15, 0.2) is 63.1 Å². The van der Waals surface area contributed by atoms with E-state index in [2.05, 4.69) is 0 Å². The van der Waals surface area contributed by atoms with E-state index >= 15 is 0 Å². The summed E-state index contributed by atoms with van der Waals surface area (Å²) < 4.78 is 12.2. The number of primary amides is 1. The van der Waals surface area contributed by atoms with Gasteiger partial charge in [-0.05, 0) is 29.8 Å². The molecule has 0 radical (unpaired) electrons. The standard InChI is InChI=1S/C25H22N4O4S/c26-16-4-5-17(18(11-16)25(28)31)22(27)15-3-1-2-14(10-15)19-13-34-24-20(30)12-21(33-23(19)24)29-6-8-32-9-7-29/h1-5,10-13,27H,6-9,26H2,(H2,28,31). The number of hydrogen-bond donors (Lipinski definition) is 3. The van der Waals surface area contributed by atoms with Crippen molar-refractivity contribution in [1.82, 2.24) is 0 Å². The van der Waals surface area contributed by atoms with E-state index in [0.29, 0.717) is 59.3 Å². The highest BCUT2D eigenvalue weighted by atomic mass is 32.1. The van der Waals surface area contributed by atoms with Crippen molar-refractivity contribution in [3.8, 4) is 11.1 Å². The number of nitrogens with one attached hydrogen (secondary N) is 1. The lowest BCUT2D eigenvalue weighted by Gasteiger charge is -2.27. The third kappa shape index (κ3) is 3.95. The van der Waals surface area contributed by atoms with Gasteiger partial charge in [0.15, 0.2) is 11.5 Å². The van der Waals surface area contributed by atoms with Gasteiger partial charge >= 0.3 is 0 Å². The minimum absolute atomic E-state index is 0.0872. The summed E-state index contributed by atoms with van der Waals surface area (Å²) in [5.41, 5.74) is 15.0. The molecule has 5 rings (SSSR count). The van der Waals surface area contributed by atoms with E-state index in [1.54, 1.807) is 18.2 Å². The van der Waals surface area contributed by atoms with Gasteiger partial charge in [-0.1, -0.05) is 18.2 Å². The van der Waals surface area contributed by atoms with Crippen LogP contribution in [0.3, 0.4) is 0 Å². The van der Waals surface area contributed by atoms with Crippen LogP contribution in [-0.4, -0.2) is 37.9 Å². The first-order valence-corrected chi connectivity index (χ1v) is 11.6. The molecule has 0 aliphatic carbocycles. The predicted octanol–water partition coefficient (Wildman–Crippen LogP) is 3.46. The van der Waals surface area contributed by atoms with Gasteiger partial charge in [0.25, 0.3) is 0 Å². The number of nitrogens with zero attached hydrogens (tertiary/aromatic N) is 1. The first-order valence-electron chi connectivity index (χ1n) is 10.7. The van der Waals surface area contributed by atoms with Gasteiger partial charge in [0.2, 0.25) is 11.3 Å². The second-order valence-corrected chi connectivity index (χ2v) is 8.86. The zero-order valence-electron chi connectivity index (χ0n) is 18.2. The lowest BCUT2D eigenvalue weighted by Crippen LogP contribution is -2.36. The van der Waals surface area contributed by atoms with Gasteiger partial charge in [0.1, 0.15) is 4.70 Å². The first-order chi connectivity index (χ1) is 16.4. The molecule has 172 valence electrons. The minimum atomic E-state index is -0.649. The van der Waals surface area contributed by atoms with Gasteiger partial charge in [0, 0.05) is 46.9 Å². The van der Waals surface area contributed by atoms with Crippen LogP contribution in [0.2, 0.25) is 0 Å². The van der Waals surface area contributed by atoms with Gasteiger partial charge in [-0.2, -0.15) is 0 Å². The molecule has 0 unspecified atom stereocenters. The molecular formula is C25H22N4O4S. The monoisotopic (exact) mass is 474 g/mol. The number of nitrogens with two attached hydrogens (primary N) is 2. The molecule has 9 heteroatoms. The summed E-state index contributed by atoms with van der Waals surface area (Å²) in [5.74, 6) is -0.123. The van der Waals surface area contributed by atoms with Gasteiger partial charge in [-0.25, -0.2) is 0 Å². The number of nitrogen functional groups attached to an aromatic ring is 1. The Hall–Kier alpha value is -3.95. The number of morpholine rings is 1. The van der Waals surface area contributed by atoms with Crippen LogP contribution in [0.5, 0.6) is 0 Å². The Kier molecular flexibility index (Phi) is 5.64. The Labute approximate surface area is 198 Å². The highest BCUT2D eigenvalue weighted by molar-refractivity contribution is 7.17. The molecule has 1 aliphatic heterocycles. The molecule has 5 N–H and O–H groups in total. The van der Waals surface area contributed by atoms with Crippen molar-refractivity contribution in [1.29, 1.82) is 5.41 Å². The Morgan fingerprint density at radius 1 is 1.06 bits per heavy atom. The van der Waals surface area contributed by atoms with Crippen LogP contribution in [0.4, 0.5) is 11.6 Å². The lowest BCUT2D eigenvalue weighted by atomic mass is 9.94. The summed E-state index contributed by atoms with van der Waals surface area (Å²) in [6, 6.07) is 13.6. The molecule has 1 aliphatic rings. The van der Waals surface area contributed by atoms with Crippen LogP contribution in [0, 0.1) is 5.41 Å². The highest BCUT2D eigenvalue weighted by Crippen LogP contribution is 2.35. The second kappa shape index (κ2) is 8.77. The smallest absolute Gasteiger partial charge is 0.249 e. The number of fused-ring (bicyclic) bond motifs is 1. The van der Waals surface area contributed by atoms with Crippen molar-refractivity contribution in [2.45, 2.75) is 0 Å². The third-order valence-corrected chi connectivity index (χ3v) is 6.77. The molecule has 4 aromatic rings. The molecular weight excluding hydrogens is 452 g/mol. The summed E-state index contributed by atoms with van der Waals surface area (Å²) >= 11 is 1.33. The van der Waals surface area contributed by atoms with Crippen LogP contribution < -0.4 is 21.8 Å². The number of carbonyl (C=O) groups excluding carboxylic acids is 1. The summed E-state index contributed by atoms with van der Waals surface area (Å²) in [4.78, 5) is 26.7. The van der Waals surface area contributed by atoms with Gasteiger partial charge in [-0.15, -0.1) is 11.3 Å². The average Bonchev–Trinajstić information content (AvgIpc) is 3.29. The summed E-state index contributed by atoms with van der Waals surface area (Å²) in [6.07, 6.45) is 0. The predicted molar refractivity (Wildman–Crippen MR) is 134 cm³/mol. The molecule has 2 aromatic heterocycles. The van der Waals surface area contributed by atoms with Crippen LogP contribution in [-0.2, 0) is 4.74 Å². The normalized spacial score (nSPS) is 13.8. The minimum Gasteiger partial charge on any atom is -0.439 e. The zero-order chi connectivity index (χ0) is 23.8. The van der Waals surface area contributed by atoms with E-state index in [1.807, 2.05) is 28.5 Å². The number of hydrogen-bond acceptors (Lipinski definition) is 8. The largest absolute Gasteiger partial charge is 0.439 e. The topological polar surface area (TPSA) is 136 Å². The maximum Gasteiger partial charge on any atom is 0.249 e. The third-order valence-electron chi connectivity index (χ3n) is 5.79. The summed E-state index contributed by atoms with van der Waals surface area (Å²) in [7, 11) is 0. The number of benzene rings is 2. The fraction of sp³-hybridized carbons (Fsp3) is 0.160. The van der Waals surface area contributed by atoms with Crippen molar-refractivity contribution >= 4 is 44.8 Å². The molecule has 1 fully saturated rings. The Balaban J connectivity index is 1.57. The lowest BCUT2D eigenvalue weighted by molar-refractivity contribution is 0.1000. The Bertz CT molecular complexity index is 1480. The molecule has 1 saturated heterocycles. The fourth-order valence-corrected chi connectivity index (χ4v) is 4.96. The molecule has 1 amide bonds. The molecule has 2 aromatic carbocycles. The number of carbonyl (C=O) groups is 1. The fourth-order valence-electron chi connectivity index (χ4n) is 4.05. The molecule has 34 heavy (non-hydrogen) atoms. The Morgan fingerprint density at radius 3 is 2.62 bits per heavy atom. The number of rotatable bonds is 5. The van der Waals surface area contributed by atoms with Gasteiger partial charge in [-0.3, -0.25) is 15.0 Å². The summed E-state index contributed by atoms with van der Waals surface area (Å²) in [6.45, 7) is 2.48. The Morgan fingerprint density at radius 2 is 1.85 bits per heavy atom. The second-order valence-electron chi connectivity index (χ2n) is 7.98. The van der Waals surface area contributed by atoms with Crippen LogP contribution >= 0.6 is 11.3 Å². The van der Waals surface area contributed by atoms with E-state index in [1.165, 1.54) is 23.5 Å². The quantitative estimate of drug-likeness (QED) is 0.299. The number of anilines is 2. The van der Waals surface area contributed by atoms with Crippen molar-refractivity contribution in [3.63, 3.8) is 0 Å². The molecule has 0 spiro atoms. The molecule has 0 atom stereocenters. The van der Waals surface area contributed by atoms with E-state index in [4.69, 9.17) is 26.0 Å². The van der Waals surface area contributed by atoms with Gasteiger partial charge < -0.3 is 25.5 Å². The molecule has 0 saturated carbocycles. The van der Waals surface area contributed by atoms with Crippen molar-refractivity contribution in [2.24, 2.45) is 5.73 Å². The van der Waals surface area contributed by atoms with Crippen molar-refractivity contribution in [3.05, 3.63) is 80.8 Å². The SMILES string of the molecule is N=C(c1cccc(-c2csc3c(=O)cc(N4CCOCC4)oc23)c1)c1ccc(N)cc1C(N)=O. The maximum absolute atomic E-state index is 12.8. The number of amides is 1. The highest BCUT2D eigenvalue weighted by Gasteiger charge is 2.20. The van der Waals surface area contributed by atoms with E-state index < -0.39 is 5.91 Å². The number of thiophene rings is 1. The van der Waals surface area contributed by atoms with Crippen LogP contribution in [0.1, 0.15) is 21.5 Å². The van der Waals surface area contributed by atoms with Crippen molar-refractivity contribution in [2.75, 3.05) is 36.9 Å². The molecule has 0 bridgehead atoms. The maximum atomic E-state index is 12.8. The number of ether oxygens (including phenoxy) is 1. The van der Waals surface area contributed by atoms with Gasteiger partial charge in [0.05, 0.1) is 24.5 Å². The van der Waals surface area contributed by atoms with Crippen LogP contribution in [0.25, 0.3) is 21.4 Å². The first kappa shape index (κ1) is 21.9. The molecule has 8 nitrogen and oxygen atoms in total. The zero-order valence-corrected chi connectivity index (χ0v) is 19.0. The average molecular weight is 475 g/mol.